The molecule has 0 bridgehead atoms. The topological polar surface area (TPSA) is 68.5 Å². The summed E-state index contributed by atoms with van der Waals surface area (Å²) in [5, 5.41) is 7.24. The van der Waals surface area contributed by atoms with E-state index in [-0.39, 0.29) is 5.97 Å². The number of anilines is 1. The molecule has 2 aromatic rings. The van der Waals surface area contributed by atoms with Gasteiger partial charge in [0.2, 0.25) is 5.95 Å². The number of fused-ring (bicyclic) bond motifs is 1. The van der Waals surface area contributed by atoms with Crippen molar-refractivity contribution in [2.75, 3.05) is 18.5 Å². The van der Waals surface area contributed by atoms with Crippen molar-refractivity contribution in [3.8, 4) is 0 Å². The summed E-state index contributed by atoms with van der Waals surface area (Å²) in [6.45, 7) is 4.67. The number of nitrogens with zero attached hydrogens (tertiary/aromatic N) is 3. The van der Waals surface area contributed by atoms with Gasteiger partial charge in [-0.25, -0.2) is 4.52 Å². The fourth-order valence-electron chi connectivity index (χ4n) is 1.57. The van der Waals surface area contributed by atoms with Crippen molar-refractivity contribution in [2.45, 2.75) is 20.3 Å². The van der Waals surface area contributed by atoms with Crippen LogP contribution in [0.3, 0.4) is 0 Å². The predicted molar refractivity (Wildman–Crippen MR) is 67.5 cm³/mol. The fourth-order valence-corrected chi connectivity index (χ4v) is 1.57. The standard InChI is InChI=1S/C12H16N4O2/c1-3-18-11(17)4-6-13-12-14-10-8-9(2)5-7-16(10)15-12/h5,7-8H,3-4,6H2,1-2H3,(H,13,15). The lowest BCUT2D eigenvalue weighted by Gasteiger charge is -2.01. The molecular formula is C12H16N4O2. The zero-order chi connectivity index (χ0) is 13.0. The average molecular weight is 248 g/mol. The van der Waals surface area contributed by atoms with Crippen LogP contribution in [-0.2, 0) is 9.53 Å². The van der Waals surface area contributed by atoms with Crippen LogP contribution in [0.2, 0.25) is 0 Å². The Kier molecular flexibility index (Phi) is 3.76. The highest BCUT2D eigenvalue weighted by atomic mass is 16.5. The van der Waals surface area contributed by atoms with Crippen molar-refractivity contribution >= 4 is 17.6 Å². The Morgan fingerprint density at radius 2 is 2.39 bits per heavy atom. The third kappa shape index (κ3) is 2.97. The van der Waals surface area contributed by atoms with E-state index in [0.717, 1.165) is 11.2 Å². The summed E-state index contributed by atoms with van der Waals surface area (Å²) < 4.78 is 6.52. The van der Waals surface area contributed by atoms with Crippen LogP contribution in [-0.4, -0.2) is 33.7 Å². The first-order valence-electron chi connectivity index (χ1n) is 5.91. The van der Waals surface area contributed by atoms with Gasteiger partial charge in [0.15, 0.2) is 5.65 Å². The number of pyridine rings is 1. The first-order chi connectivity index (χ1) is 8.69. The summed E-state index contributed by atoms with van der Waals surface area (Å²) in [6, 6.07) is 3.91. The van der Waals surface area contributed by atoms with Gasteiger partial charge < -0.3 is 10.1 Å². The normalized spacial score (nSPS) is 10.6. The first kappa shape index (κ1) is 12.3. The lowest BCUT2D eigenvalue weighted by atomic mass is 10.3. The number of nitrogens with one attached hydrogen (secondary N) is 1. The fraction of sp³-hybridized carbons (Fsp3) is 0.417. The van der Waals surface area contributed by atoms with Crippen LogP contribution < -0.4 is 5.32 Å². The SMILES string of the molecule is CCOC(=O)CCNc1nc2cc(C)ccn2n1. The largest absolute Gasteiger partial charge is 0.466 e. The quantitative estimate of drug-likeness (QED) is 0.810. The highest BCUT2D eigenvalue weighted by Gasteiger charge is 2.05. The van der Waals surface area contributed by atoms with E-state index < -0.39 is 0 Å². The van der Waals surface area contributed by atoms with Crippen LogP contribution in [0.1, 0.15) is 18.9 Å². The molecule has 0 aliphatic heterocycles. The van der Waals surface area contributed by atoms with Crippen LogP contribution in [0.25, 0.3) is 5.65 Å². The van der Waals surface area contributed by atoms with Gasteiger partial charge in [0.05, 0.1) is 13.0 Å². The van der Waals surface area contributed by atoms with Crippen molar-refractivity contribution < 1.29 is 9.53 Å². The first-order valence-corrected chi connectivity index (χ1v) is 5.91. The molecule has 96 valence electrons. The molecule has 0 saturated carbocycles. The third-order valence-corrected chi connectivity index (χ3v) is 2.41. The second kappa shape index (κ2) is 5.48. The molecule has 0 aliphatic carbocycles. The number of ether oxygens (including phenoxy) is 1. The molecule has 0 radical (unpaired) electrons. The van der Waals surface area contributed by atoms with Crippen LogP contribution in [0.15, 0.2) is 18.3 Å². The van der Waals surface area contributed by atoms with E-state index in [4.69, 9.17) is 4.74 Å². The molecule has 2 rings (SSSR count). The Morgan fingerprint density at radius 1 is 1.56 bits per heavy atom. The Morgan fingerprint density at radius 3 is 3.17 bits per heavy atom. The van der Waals surface area contributed by atoms with Crippen LogP contribution in [0.5, 0.6) is 0 Å². The summed E-state index contributed by atoms with van der Waals surface area (Å²) in [7, 11) is 0. The second-order valence-electron chi connectivity index (χ2n) is 3.92. The number of aromatic nitrogens is 3. The van der Waals surface area contributed by atoms with Gasteiger partial charge in [0, 0.05) is 12.7 Å². The summed E-state index contributed by atoms with van der Waals surface area (Å²) in [5.74, 6) is 0.300. The number of carbonyl (C=O) groups is 1. The molecule has 18 heavy (non-hydrogen) atoms. The van der Waals surface area contributed by atoms with Crippen LogP contribution >= 0.6 is 0 Å². The smallest absolute Gasteiger partial charge is 0.307 e. The Bertz CT molecular complexity index is 550. The number of hydrogen-bond acceptors (Lipinski definition) is 5. The van der Waals surface area contributed by atoms with E-state index in [1.54, 1.807) is 11.4 Å². The van der Waals surface area contributed by atoms with Gasteiger partial charge in [-0.15, -0.1) is 5.10 Å². The van der Waals surface area contributed by atoms with Gasteiger partial charge >= 0.3 is 5.97 Å². The van der Waals surface area contributed by atoms with Gasteiger partial charge in [0.1, 0.15) is 0 Å². The minimum absolute atomic E-state index is 0.218. The molecule has 0 saturated heterocycles. The maximum absolute atomic E-state index is 11.1. The van der Waals surface area contributed by atoms with E-state index in [1.165, 1.54) is 0 Å². The third-order valence-electron chi connectivity index (χ3n) is 2.41. The summed E-state index contributed by atoms with van der Waals surface area (Å²) in [6.07, 6.45) is 2.16. The Balaban J connectivity index is 1.94. The summed E-state index contributed by atoms with van der Waals surface area (Å²) >= 11 is 0. The van der Waals surface area contributed by atoms with Gasteiger partial charge in [-0.05, 0) is 31.5 Å². The molecule has 6 heteroatoms. The molecule has 0 aliphatic rings. The van der Waals surface area contributed by atoms with Crippen molar-refractivity contribution in [1.82, 2.24) is 14.6 Å². The summed E-state index contributed by atoms with van der Waals surface area (Å²) in [5.41, 5.74) is 1.92. The molecule has 0 spiro atoms. The molecule has 2 heterocycles. The van der Waals surface area contributed by atoms with Gasteiger partial charge in [-0.2, -0.15) is 4.98 Å². The zero-order valence-corrected chi connectivity index (χ0v) is 10.5. The average Bonchev–Trinajstić information content (AvgIpc) is 2.71. The lowest BCUT2D eigenvalue weighted by Crippen LogP contribution is -2.11. The monoisotopic (exact) mass is 248 g/mol. The number of aryl methyl sites for hydroxylation is 1. The molecule has 2 aromatic heterocycles. The highest BCUT2D eigenvalue weighted by molar-refractivity contribution is 5.69. The van der Waals surface area contributed by atoms with Crippen molar-refractivity contribution in [2.24, 2.45) is 0 Å². The van der Waals surface area contributed by atoms with Gasteiger partial charge in [0.25, 0.3) is 0 Å². The minimum atomic E-state index is -0.218. The second-order valence-corrected chi connectivity index (χ2v) is 3.92. The molecule has 6 nitrogen and oxygen atoms in total. The van der Waals surface area contributed by atoms with E-state index >= 15 is 0 Å². The van der Waals surface area contributed by atoms with Crippen LogP contribution in [0, 0.1) is 6.92 Å². The van der Waals surface area contributed by atoms with E-state index in [2.05, 4.69) is 15.4 Å². The van der Waals surface area contributed by atoms with E-state index in [9.17, 15) is 4.79 Å². The molecule has 0 amide bonds. The molecule has 1 N–H and O–H groups in total. The zero-order valence-electron chi connectivity index (χ0n) is 10.5. The predicted octanol–water partition coefficient (Wildman–Crippen LogP) is 1.40. The van der Waals surface area contributed by atoms with Crippen LogP contribution in [0.4, 0.5) is 5.95 Å². The van der Waals surface area contributed by atoms with Gasteiger partial charge in [-0.3, -0.25) is 4.79 Å². The van der Waals surface area contributed by atoms with E-state index in [0.29, 0.717) is 25.5 Å². The lowest BCUT2D eigenvalue weighted by molar-refractivity contribution is -0.142. The maximum atomic E-state index is 11.1. The Labute approximate surface area is 105 Å². The van der Waals surface area contributed by atoms with Crippen molar-refractivity contribution in [3.63, 3.8) is 0 Å². The molecule has 0 fully saturated rings. The number of esters is 1. The number of rotatable bonds is 5. The minimum Gasteiger partial charge on any atom is -0.466 e. The van der Waals surface area contributed by atoms with Crippen molar-refractivity contribution in [1.29, 1.82) is 0 Å². The maximum Gasteiger partial charge on any atom is 0.307 e. The number of hydrogen-bond donors (Lipinski definition) is 1. The number of carbonyl (C=O) groups excluding carboxylic acids is 1. The van der Waals surface area contributed by atoms with E-state index in [1.807, 2.05) is 25.3 Å². The molecular weight excluding hydrogens is 232 g/mol. The van der Waals surface area contributed by atoms with Gasteiger partial charge in [-0.1, -0.05) is 0 Å². The highest BCUT2D eigenvalue weighted by Crippen LogP contribution is 2.07. The molecule has 0 aromatic carbocycles. The molecule has 0 atom stereocenters. The Hall–Kier alpha value is -2.11. The summed E-state index contributed by atoms with van der Waals surface area (Å²) in [4.78, 5) is 15.4. The van der Waals surface area contributed by atoms with Crippen molar-refractivity contribution in [3.05, 3.63) is 23.9 Å². The molecule has 0 unspecified atom stereocenters.